The van der Waals surface area contributed by atoms with Crippen LogP contribution in [0.4, 0.5) is 0 Å². The van der Waals surface area contributed by atoms with Crippen LogP contribution in [-0.4, -0.2) is 33.7 Å². The Balaban J connectivity index is 1.38. The van der Waals surface area contributed by atoms with Crippen LogP contribution in [0.15, 0.2) is 74.5 Å². The lowest BCUT2D eigenvalue weighted by Gasteiger charge is -2.13. The number of aromatic nitrogens is 2. The third kappa shape index (κ3) is 5.22. The van der Waals surface area contributed by atoms with E-state index in [1.165, 1.54) is 21.5 Å². The zero-order valence-corrected chi connectivity index (χ0v) is 21.6. The lowest BCUT2D eigenvalue weighted by Crippen LogP contribution is -2.24. The molecule has 0 bridgehead atoms. The fourth-order valence-corrected chi connectivity index (χ4v) is 6.63. The predicted octanol–water partition coefficient (Wildman–Crippen LogP) is 5.29. The molecule has 0 radical (unpaired) electrons. The number of aryl methyl sites for hydroxylation is 2. The van der Waals surface area contributed by atoms with Crippen molar-refractivity contribution in [3.05, 3.63) is 81.0 Å². The first-order valence-electron chi connectivity index (χ1n) is 11.4. The van der Waals surface area contributed by atoms with Crippen molar-refractivity contribution >= 4 is 57.2 Å². The number of nitrogens with zero attached hydrogens (tertiary/aromatic N) is 3. The number of hydrazone groups is 1. The molecular weight excluding hydrogens is 497 g/mol. The number of amides is 1. The Kier molecular flexibility index (Phi) is 7.36. The molecule has 1 amide bonds. The summed E-state index contributed by atoms with van der Waals surface area (Å²) in [6, 6.07) is 17.4. The van der Waals surface area contributed by atoms with Gasteiger partial charge in [0, 0.05) is 9.77 Å². The van der Waals surface area contributed by atoms with Crippen molar-refractivity contribution in [1.82, 2.24) is 15.0 Å². The first-order chi connectivity index (χ1) is 17.1. The van der Waals surface area contributed by atoms with Gasteiger partial charge in [-0.25, -0.2) is 10.4 Å². The van der Waals surface area contributed by atoms with E-state index in [1.54, 1.807) is 33.9 Å². The highest BCUT2D eigenvalue weighted by atomic mass is 32.2. The summed E-state index contributed by atoms with van der Waals surface area (Å²) in [7, 11) is 0. The molecule has 0 aliphatic heterocycles. The second-order valence-electron chi connectivity index (χ2n) is 8.12. The van der Waals surface area contributed by atoms with Crippen LogP contribution in [0.1, 0.15) is 28.8 Å². The van der Waals surface area contributed by atoms with Gasteiger partial charge in [0.05, 0.1) is 23.0 Å². The molecule has 1 N–H and O–H groups in total. The van der Waals surface area contributed by atoms with E-state index in [0.29, 0.717) is 5.16 Å². The number of hydrogen-bond donors (Lipinski definition) is 1. The van der Waals surface area contributed by atoms with Crippen LogP contribution in [0.3, 0.4) is 0 Å². The van der Waals surface area contributed by atoms with Gasteiger partial charge in [0.2, 0.25) is 0 Å². The summed E-state index contributed by atoms with van der Waals surface area (Å²) in [5.74, 6) is -0.162. The highest BCUT2D eigenvalue weighted by Crippen LogP contribution is 2.35. The molecule has 5 rings (SSSR count). The van der Waals surface area contributed by atoms with Crippen LogP contribution in [0.2, 0.25) is 0 Å². The molecule has 4 aromatic rings. The van der Waals surface area contributed by atoms with Crippen molar-refractivity contribution in [3.8, 4) is 5.69 Å². The monoisotopic (exact) mass is 520 g/mol. The number of benzene rings is 2. The summed E-state index contributed by atoms with van der Waals surface area (Å²) in [6.45, 7) is 0. The zero-order chi connectivity index (χ0) is 24.2. The van der Waals surface area contributed by atoms with E-state index < -0.39 is 0 Å². The van der Waals surface area contributed by atoms with Crippen molar-refractivity contribution in [2.45, 2.75) is 35.7 Å². The third-order valence-electron chi connectivity index (χ3n) is 5.82. The Morgan fingerprint density at radius 3 is 2.69 bits per heavy atom. The van der Waals surface area contributed by atoms with Crippen molar-refractivity contribution in [2.75, 3.05) is 12.0 Å². The first kappa shape index (κ1) is 23.8. The van der Waals surface area contributed by atoms with E-state index in [9.17, 15) is 9.59 Å². The lowest BCUT2D eigenvalue weighted by atomic mass is 9.97. The normalized spacial score (nSPS) is 13.3. The fourth-order valence-electron chi connectivity index (χ4n) is 4.12. The van der Waals surface area contributed by atoms with Crippen LogP contribution in [0, 0.1) is 0 Å². The Morgan fingerprint density at radius 2 is 1.91 bits per heavy atom. The summed E-state index contributed by atoms with van der Waals surface area (Å²) in [6.07, 6.45) is 7.82. The third-order valence-corrected chi connectivity index (χ3v) is 8.69. The van der Waals surface area contributed by atoms with Crippen LogP contribution in [-0.2, 0) is 17.6 Å². The minimum atomic E-state index is -0.258. The average Bonchev–Trinajstić information content (AvgIpc) is 3.27. The largest absolute Gasteiger partial charge is 0.272 e. The molecule has 9 heteroatoms. The molecule has 1 aliphatic carbocycles. The summed E-state index contributed by atoms with van der Waals surface area (Å²) in [4.78, 5) is 34.3. The van der Waals surface area contributed by atoms with Crippen LogP contribution in [0.5, 0.6) is 0 Å². The van der Waals surface area contributed by atoms with Crippen molar-refractivity contribution in [2.24, 2.45) is 5.10 Å². The van der Waals surface area contributed by atoms with Gasteiger partial charge in [-0.1, -0.05) is 42.1 Å². The van der Waals surface area contributed by atoms with Gasteiger partial charge < -0.3 is 0 Å². The van der Waals surface area contributed by atoms with E-state index >= 15 is 0 Å². The summed E-state index contributed by atoms with van der Waals surface area (Å²) in [5, 5.41) is 5.32. The minimum Gasteiger partial charge on any atom is -0.272 e. The molecule has 1 aliphatic rings. The van der Waals surface area contributed by atoms with Gasteiger partial charge in [-0.05, 0) is 67.3 Å². The quantitative estimate of drug-likeness (QED) is 0.155. The maximum atomic E-state index is 13.7. The number of para-hydroxylation sites is 1. The first-order valence-corrected chi connectivity index (χ1v) is 14.4. The van der Waals surface area contributed by atoms with E-state index in [2.05, 4.69) is 10.5 Å². The van der Waals surface area contributed by atoms with E-state index in [4.69, 9.17) is 4.98 Å². The maximum Gasteiger partial charge on any atom is 0.267 e. The highest BCUT2D eigenvalue weighted by Gasteiger charge is 2.23. The molecule has 2 aromatic carbocycles. The van der Waals surface area contributed by atoms with E-state index in [0.717, 1.165) is 52.7 Å². The molecule has 178 valence electrons. The second kappa shape index (κ2) is 10.8. The molecule has 0 saturated carbocycles. The molecule has 0 spiro atoms. The summed E-state index contributed by atoms with van der Waals surface area (Å²) < 4.78 is 1.64. The smallest absolute Gasteiger partial charge is 0.267 e. The molecule has 0 fully saturated rings. The maximum absolute atomic E-state index is 13.7. The van der Waals surface area contributed by atoms with Crippen molar-refractivity contribution in [1.29, 1.82) is 0 Å². The predicted molar refractivity (Wildman–Crippen MR) is 147 cm³/mol. The van der Waals surface area contributed by atoms with Crippen LogP contribution >= 0.6 is 34.9 Å². The molecule has 2 aromatic heterocycles. The number of thioether (sulfide) groups is 2. The standard InChI is InChI=1S/C26H24N4O2S3/c1-33-19-13-11-17(12-14-19)15-27-29-22(31)16-34-26-28-24-23(20-9-5-6-10-21(20)35-24)25(32)30(26)18-7-3-2-4-8-18/h2-4,7-8,11-15H,5-6,9-10,16H2,1H3,(H,29,31)/b27-15-. The van der Waals surface area contributed by atoms with Gasteiger partial charge >= 0.3 is 0 Å². The van der Waals surface area contributed by atoms with Gasteiger partial charge in [0.1, 0.15) is 4.83 Å². The summed E-state index contributed by atoms with van der Waals surface area (Å²) in [5.41, 5.74) is 5.33. The topological polar surface area (TPSA) is 76.3 Å². The number of fused-ring (bicyclic) bond motifs is 3. The van der Waals surface area contributed by atoms with Gasteiger partial charge in [0.15, 0.2) is 5.16 Å². The molecule has 2 heterocycles. The average molecular weight is 521 g/mol. The molecular formula is C26H24N4O2S3. The van der Waals surface area contributed by atoms with Crippen LogP contribution in [0.25, 0.3) is 15.9 Å². The Hall–Kier alpha value is -2.88. The summed E-state index contributed by atoms with van der Waals surface area (Å²) >= 11 is 4.54. The highest BCUT2D eigenvalue weighted by molar-refractivity contribution is 7.99. The molecule has 6 nitrogen and oxygen atoms in total. The SMILES string of the molecule is CSc1ccc(/C=N\NC(=O)CSc2nc3sc4c(c3c(=O)n2-c2ccccc2)CCCC4)cc1. The second-order valence-corrected chi connectivity index (χ2v) is 11.0. The van der Waals surface area contributed by atoms with Gasteiger partial charge in [0.25, 0.3) is 11.5 Å². The number of hydrogen-bond acceptors (Lipinski definition) is 7. The molecule has 0 unspecified atom stereocenters. The fraction of sp³-hybridized carbons (Fsp3) is 0.231. The number of rotatable bonds is 7. The lowest BCUT2D eigenvalue weighted by molar-refractivity contribution is -0.118. The number of carbonyl (C=O) groups excluding carboxylic acids is 1. The van der Waals surface area contributed by atoms with Crippen molar-refractivity contribution < 1.29 is 4.79 Å². The molecule has 35 heavy (non-hydrogen) atoms. The molecule has 0 saturated heterocycles. The Morgan fingerprint density at radius 1 is 1.14 bits per heavy atom. The van der Waals surface area contributed by atoms with Crippen molar-refractivity contribution in [3.63, 3.8) is 0 Å². The number of thiophene rings is 1. The zero-order valence-electron chi connectivity index (χ0n) is 19.2. The minimum absolute atomic E-state index is 0.0600. The van der Waals surface area contributed by atoms with Gasteiger partial charge in [-0.2, -0.15) is 5.10 Å². The number of nitrogens with one attached hydrogen (secondary N) is 1. The molecule has 0 atom stereocenters. The van der Waals surface area contributed by atoms with E-state index in [1.807, 2.05) is 60.9 Å². The van der Waals surface area contributed by atoms with Gasteiger partial charge in [-0.15, -0.1) is 23.1 Å². The van der Waals surface area contributed by atoms with E-state index in [-0.39, 0.29) is 17.2 Å². The Bertz CT molecular complexity index is 1440. The van der Waals surface area contributed by atoms with Gasteiger partial charge in [-0.3, -0.25) is 14.2 Å². The Labute approximate surface area is 215 Å². The van der Waals surface area contributed by atoms with Crippen LogP contribution < -0.4 is 11.0 Å². The number of carbonyl (C=O) groups is 1.